The molecule has 1 rings (SSSR count). The first kappa shape index (κ1) is 12.3. The van der Waals surface area contributed by atoms with Crippen LogP contribution in [0.4, 0.5) is 0 Å². The largest absolute Gasteiger partial charge is 0.299 e. The minimum Gasteiger partial charge on any atom is -0.299 e. The Balaban J connectivity index is 2.26. The summed E-state index contributed by atoms with van der Waals surface area (Å²) in [5.41, 5.74) is 0. The van der Waals surface area contributed by atoms with Crippen LogP contribution >= 0.6 is 11.6 Å². The summed E-state index contributed by atoms with van der Waals surface area (Å²) in [5.74, 6) is 1.82. The second-order valence-corrected chi connectivity index (χ2v) is 4.81. The SMILES string of the molecule is CCC(CC)N(CCCl)CCC1CC1. The van der Waals surface area contributed by atoms with Gasteiger partial charge in [0.15, 0.2) is 0 Å². The molecular weight excluding hydrogens is 194 g/mol. The second-order valence-electron chi connectivity index (χ2n) is 4.43. The highest BCUT2D eigenvalue weighted by molar-refractivity contribution is 6.18. The van der Waals surface area contributed by atoms with Gasteiger partial charge >= 0.3 is 0 Å². The van der Waals surface area contributed by atoms with Gasteiger partial charge in [0.1, 0.15) is 0 Å². The molecule has 84 valence electrons. The first-order chi connectivity index (χ1) is 6.81. The molecule has 0 heterocycles. The van der Waals surface area contributed by atoms with Gasteiger partial charge in [-0.05, 0) is 31.7 Å². The van der Waals surface area contributed by atoms with E-state index in [1.165, 1.54) is 38.6 Å². The lowest BCUT2D eigenvalue weighted by Crippen LogP contribution is -2.37. The highest BCUT2D eigenvalue weighted by Crippen LogP contribution is 2.32. The van der Waals surface area contributed by atoms with E-state index in [1.807, 2.05) is 0 Å². The summed E-state index contributed by atoms with van der Waals surface area (Å²) < 4.78 is 0. The Hall–Kier alpha value is 0.250. The van der Waals surface area contributed by atoms with Crippen LogP contribution in [0.25, 0.3) is 0 Å². The molecule has 1 aliphatic rings. The molecule has 0 radical (unpaired) electrons. The molecule has 0 aliphatic heterocycles. The Morgan fingerprint density at radius 3 is 2.29 bits per heavy atom. The van der Waals surface area contributed by atoms with Crippen LogP contribution in [0.5, 0.6) is 0 Å². The van der Waals surface area contributed by atoms with E-state index in [2.05, 4.69) is 18.7 Å². The summed E-state index contributed by atoms with van der Waals surface area (Å²) >= 11 is 5.84. The molecule has 0 aromatic rings. The molecule has 1 fully saturated rings. The van der Waals surface area contributed by atoms with E-state index in [0.717, 1.165) is 24.4 Å². The lowest BCUT2D eigenvalue weighted by Gasteiger charge is -2.29. The molecule has 0 bridgehead atoms. The van der Waals surface area contributed by atoms with E-state index in [-0.39, 0.29) is 0 Å². The fourth-order valence-corrected chi connectivity index (χ4v) is 2.36. The Morgan fingerprint density at radius 1 is 1.21 bits per heavy atom. The quantitative estimate of drug-likeness (QED) is 0.563. The van der Waals surface area contributed by atoms with E-state index in [9.17, 15) is 0 Å². The van der Waals surface area contributed by atoms with Gasteiger partial charge in [0, 0.05) is 18.5 Å². The van der Waals surface area contributed by atoms with E-state index in [0.29, 0.717) is 0 Å². The van der Waals surface area contributed by atoms with E-state index < -0.39 is 0 Å². The average molecular weight is 218 g/mol. The summed E-state index contributed by atoms with van der Waals surface area (Å²) in [6.45, 7) is 6.91. The van der Waals surface area contributed by atoms with Crippen molar-refractivity contribution < 1.29 is 0 Å². The molecule has 1 nitrogen and oxygen atoms in total. The van der Waals surface area contributed by atoms with E-state index in [4.69, 9.17) is 11.6 Å². The second kappa shape index (κ2) is 6.68. The minimum absolute atomic E-state index is 0.757. The van der Waals surface area contributed by atoms with Crippen molar-refractivity contribution in [2.45, 2.75) is 52.0 Å². The van der Waals surface area contributed by atoms with Crippen molar-refractivity contribution >= 4 is 11.6 Å². The maximum Gasteiger partial charge on any atom is 0.0351 e. The standard InChI is InChI=1S/C12H24ClN/c1-3-12(4-2)14(10-8-13)9-7-11-5-6-11/h11-12H,3-10H2,1-2H3. The Bertz CT molecular complexity index is 141. The number of halogens is 1. The van der Waals surface area contributed by atoms with Crippen LogP contribution in [0, 0.1) is 5.92 Å². The molecule has 0 amide bonds. The predicted octanol–water partition coefficient (Wildman–Crippen LogP) is 3.52. The van der Waals surface area contributed by atoms with Gasteiger partial charge in [-0.2, -0.15) is 0 Å². The van der Waals surface area contributed by atoms with Crippen molar-refractivity contribution in [3.8, 4) is 0 Å². The van der Waals surface area contributed by atoms with Crippen LogP contribution in [0.2, 0.25) is 0 Å². The summed E-state index contributed by atoms with van der Waals surface area (Å²) in [4.78, 5) is 2.59. The maximum absolute atomic E-state index is 5.84. The smallest absolute Gasteiger partial charge is 0.0351 e. The monoisotopic (exact) mass is 217 g/mol. The minimum atomic E-state index is 0.757. The van der Waals surface area contributed by atoms with Gasteiger partial charge in [-0.3, -0.25) is 4.90 Å². The van der Waals surface area contributed by atoms with Crippen LogP contribution in [-0.2, 0) is 0 Å². The first-order valence-electron chi connectivity index (χ1n) is 6.11. The van der Waals surface area contributed by atoms with Crippen LogP contribution < -0.4 is 0 Å². The number of hydrogen-bond donors (Lipinski definition) is 0. The molecule has 0 spiro atoms. The van der Waals surface area contributed by atoms with Crippen molar-refractivity contribution in [2.24, 2.45) is 5.92 Å². The lowest BCUT2D eigenvalue weighted by atomic mass is 10.1. The summed E-state index contributed by atoms with van der Waals surface area (Å²) in [6.07, 6.45) is 6.86. The molecule has 0 aromatic carbocycles. The molecule has 1 aliphatic carbocycles. The molecule has 0 atom stereocenters. The van der Waals surface area contributed by atoms with Crippen molar-refractivity contribution in [3.63, 3.8) is 0 Å². The fraction of sp³-hybridized carbons (Fsp3) is 1.00. The number of alkyl halides is 1. The lowest BCUT2D eigenvalue weighted by molar-refractivity contribution is 0.191. The number of hydrogen-bond acceptors (Lipinski definition) is 1. The van der Waals surface area contributed by atoms with Gasteiger partial charge in [-0.15, -0.1) is 11.6 Å². The highest BCUT2D eigenvalue weighted by Gasteiger charge is 2.23. The normalized spacial score (nSPS) is 16.9. The van der Waals surface area contributed by atoms with Crippen LogP contribution in [0.1, 0.15) is 46.0 Å². The molecule has 0 aromatic heterocycles. The zero-order valence-corrected chi connectivity index (χ0v) is 10.4. The number of nitrogens with zero attached hydrogens (tertiary/aromatic N) is 1. The van der Waals surface area contributed by atoms with Crippen LogP contribution in [0.15, 0.2) is 0 Å². The van der Waals surface area contributed by atoms with Crippen molar-refractivity contribution in [1.29, 1.82) is 0 Å². The van der Waals surface area contributed by atoms with Gasteiger partial charge in [-0.1, -0.05) is 26.7 Å². The summed E-state index contributed by atoms with van der Waals surface area (Å²) in [6, 6.07) is 0.757. The molecule has 0 unspecified atom stereocenters. The first-order valence-corrected chi connectivity index (χ1v) is 6.65. The van der Waals surface area contributed by atoms with Crippen molar-refractivity contribution in [2.75, 3.05) is 19.0 Å². The van der Waals surface area contributed by atoms with Crippen LogP contribution in [0.3, 0.4) is 0 Å². The van der Waals surface area contributed by atoms with E-state index in [1.54, 1.807) is 0 Å². The van der Waals surface area contributed by atoms with E-state index >= 15 is 0 Å². The van der Waals surface area contributed by atoms with Crippen molar-refractivity contribution in [1.82, 2.24) is 4.90 Å². The molecule has 2 heteroatoms. The average Bonchev–Trinajstić information content (AvgIpc) is 2.99. The molecule has 1 saturated carbocycles. The Morgan fingerprint density at radius 2 is 1.86 bits per heavy atom. The zero-order chi connectivity index (χ0) is 10.4. The Labute approximate surface area is 93.8 Å². The van der Waals surface area contributed by atoms with Gasteiger partial charge in [0.25, 0.3) is 0 Å². The van der Waals surface area contributed by atoms with Gasteiger partial charge in [0.05, 0.1) is 0 Å². The van der Waals surface area contributed by atoms with Gasteiger partial charge in [0.2, 0.25) is 0 Å². The van der Waals surface area contributed by atoms with Gasteiger partial charge < -0.3 is 0 Å². The molecular formula is C12H24ClN. The molecule has 0 N–H and O–H groups in total. The third-order valence-electron chi connectivity index (χ3n) is 3.35. The number of rotatable bonds is 8. The third-order valence-corrected chi connectivity index (χ3v) is 3.52. The topological polar surface area (TPSA) is 3.24 Å². The van der Waals surface area contributed by atoms with Crippen LogP contribution in [-0.4, -0.2) is 29.9 Å². The van der Waals surface area contributed by atoms with Gasteiger partial charge in [-0.25, -0.2) is 0 Å². The molecule has 14 heavy (non-hydrogen) atoms. The predicted molar refractivity (Wildman–Crippen MR) is 64.0 cm³/mol. The van der Waals surface area contributed by atoms with Crippen molar-refractivity contribution in [3.05, 3.63) is 0 Å². The zero-order valence-electron chi connectivity index (χ0n) is 9.64. The molecule has 0 saturated heterocycles. The third kappa shape index (κ3) is 4.18. The highest BCUT2D eigenvalue weighted by atomic mass is 35.5. The Kier molecular flexibility index (Phi) is 5.88. The maximum atomic E-state index is 5.84. The summed E-state index contributed by atoms with van der Waals surface area (Å²) in [7, 11) is 0. The summed E-state index contributed by atoms with van der Waals surface area (Å²) in [5, 5.41) is 0. The fourth-order valence-electron chi connectivity index (χ4n) is 2.15.